The molecule has 1 fully saturated rings. The second-order valence-corrected chi connectivity index (χ2v) is 4.75. The first-order valence-corrected chi connectivity index (χ1v) is 6.00. The molecule has 1 aliphatic rings. The molecule has 8 heteroatoms. The van der Waals surface area contributed by atoms with Crippen LogP contribution in [0.5, 0.6) is 0 Å². The van der Waals surface area contributed by atoms with E-state index in [2.05, 4.69) is 0 Å². The van der Waals surface area contributed by atoms with Crippen LogP contribution in [0.3, 0.4) is 0 Å². The molecule has 0 bridgehead atoms. The van der Waals surface area contributed by atoms with Gasteiger partial charge < -0.3 is 5.11 Å². The Morgan fingerprint density at radius 3 is 2.76 bits per heavy atom. The minimum atomic E-state index is -1.09. The van der Waals surface area contributed by atoms with Crippen LogP contribution in [-0.4, -0.2) is 68.2 Å². The van der Waals surface area contributed by atoms with Gasteiger partial charge in [0.1, 0.15) is 10.9 Å². The molecule has 0 saturated carbocycles. The predicted molar refractivity (Wildman–Crippen MR) is 74.6 cm³/mol. The molecule has 1 amide bonds. The van der Waals surface area contributed by atoms with E-state index in [0.717, 1.165) is 16.7 Å². The number of alkyl halides is 1. The van der Waals surface area contributed by atoms with Crippen LogP contribution in [-0.2, 0) is 9.59 Å². The van der Waals surface area contributed by atoms with E-state index < -0.39 is 12.5 Å². The first kappa shape index (κ1) is 17.2. The summed E-state index contributed by atoms with van der Waals surface area (Å²) in [5, 5.41) is 8.60. The third kappa shape index (κ3) is 5.11. The number of hydrogen-bond donors (Lipinski definition) is 1. The molecule has 0 aliphatic carbocycles. The topological polar surface area (TPSA) is 57.6 Å². The van der Waals surface area contributed by atoms with Crippen LogP contribution in [0, 0.1) is 0 Å². The second-order valence-electron chi connectivity index (χ2n) is 2.77. The molecule has 0 atom stereocenters. The molecule has 1 aliphatic heterocycles. The summed E-state index contributed by atoms with van der Waals surface area (Å²) in [7, 11) is 0. The Balaban J connectivity index is 0.00000256. The zero-order chi connectivity index (χ0) is 12.1. The summed E-state index contributed by atoms with van der Waals surface area (Å²) < 4.78 is 0.262. The van der Waals surface area contributed by atoms with Gasteiger partial charge in [0.2, 0.25) is 0 Å². The van der Waals surface area contributed by atoms with E-state index in [1.54, 1.807) is 18.2 Å². The number of carbonyl (C=O) groups excluding carboxylic acids is 1. The third-order valence-electron chi connectivity index (χ3n) is 1.64. The van der Waals surface area contributed by atoms with Gasteiger partial charge in [0.15, 0.2) is 0 Å². The maximum absolute atomic E-state index is 11.7. The molecule has 4 nitrogen and oxygen atoms in total. The number of carbonyl (C=O) groups is 2. The summed E-state index contributed by atoms with van der Waals surface area (Å²) in [4.78, 5) is 23.6. The van der Waals surface area contributed by atoms with E-state index in [0.29, 0.717) is 10.8 Å². The van der Waals surface area contributed by atoms with Crippen molar-refractivity contribution in [3.8, 4) is 0 Å². The van der Waals surface area contributed by atoms with Gasteiger partial charge in [-0.25, -0.2) is 0 Å². The first-order valence-electron chi connectivity index (χ1n) is 4.24. The van der Waals surface area contributed by atoms with Crippen molar-refractivity contribution < 1.29 is 14.7 Å². The van der Waals surface area contributed by atoms with Gasteiger partial charge in [-0.15, -0.1) is 11.6 Å². The minimum absolute atomic E-state index is 0. The van der Waals surface area contributed by atoms with Crippen LogP contribution < -0.4 is 0 Å². The standard InChI is InChI=1S/C9H8ClNO3S2.Na.H/c10-4-2-1-3-6-8(14)11(5-7(12)13)9(15)16-6;;/h1-3H,4-5H2,(H,12,13);;/b2-1+,6-3-;;. The zero-order valence-electron chi connectivity index (χ0n) is 8.05. The summed E-state index contributed by atoms with van der Waals surface area (Å²) in [5.74, 6) is -1.11. The fourth-order valence-electron chi connectivity index (χ4n) is 0.993. The Bertz CT molecular complexity index is 398. The van der Waals surface area contributed by atoms with Gasteiger partial charge in [-0.3, -0.25) is 14.5 Å². The molecule has 1 heterocycles. The van der Waals surface area contributed by atoms with Gasteiger partial charge in [-0.2, -0.15) is 0 Å². The third-order valence-corrected chi connectivity index (χ3v) is 3.21. The Kier molecular flexibility index (Phi) is 8.36. The number of rotatable bonds is 4. The van der Waals surface area contributed by atoms with Crippen LogP contribution in [0.15, 0.2) is 23.1 Å². The molecule has 0 unspecified atom stereocenters. The fraction of sp³-hybridized carbons (Fsp3) is 0.222. The quantitative estimate of drug-likeness (QED) is 0.363. The number of allylic oxidation sites excluding steroid dienone is 3. The average Bonchev–Trinajstić information content (AvgIpc) is 2.46. The number of amides is 1. The van der Waals surface area contributed by atoms with Crippen molar-refractivity contribution in [2.24, 2.45) is 0 Å². The van der Waals surface area contributed by atoms with Crippen LogP contribution in [0.4, 0.5) is 0 Å². The number of halogens is 1. The molecule has 1 rings (SSSR count). The summed E-state index contributed by atoms with van der Waals surface area (Å²) in [6.45, 7) is -0.402. The molecule has 0 aromatic rings. The second kappa shape index (κ2) is 8.29. The van der Waals surface area contributed by atoms with Crippen molar-refractivity contribution in [3.05, 3.63) is 23.1 Å². The van der Waals surface area contributed by atoms with Gasteiger partial charge in [0.25, 0.3) is 5.91 Å². The Morgan fingerprint density at radius 2 is 2.24 bits per heavy atom. The van der Waals surface area contributed by atoms with Crippen molar-refractivity contribution in [1.29, 1.82) is 0 Å². The van der Waals surface area contributed by atoms with Crippen molar-refractivity contribution in [2.45, 2.75) is 0 Å². The van der Waals surface area contributed by atoms with E-state index >= 15 is 0 Å². The van der Waals surface area contributed by atoms with Gasteiger partial charge in [0.05, 0.1) is 4.91 Å². The number of carboxylic acids is 1. The van der Waals surface area contributed by atoms with Crippen molar-refractivity contribution >= 4 is 81.3 Å². The molecule has 17 heavy (non-hydrogen) atoms. The van der Waals surface area contributed by atoms with Crippen molar-refractivity contribution in [2.75, 3.05) is 12.4 Å². The molecule has 1 N–H and O–H groups in total. The molecular formula is C9H9ClNNaO3S2. The molecule has 0 spiro atoms. The normalized spacial score (nSPS) is 17.9. The Morgan fingerprint density at radius 1 is 1.59 bits per heavy atom. The van der Waals surface area contributed by atoms with E-state index in [1.807, 2.05) is 0 Å². The number of thioether (sulfide) groups is 1. The summed E-state index contributed by atoms with van der Waals surface area (Å²) in [5.41, 5.74) is 0. The van der Waals surface area contributed by atoms with E-state index in [1.165, 1.54) is 0 Å². The summed E-state index contributed by atoms with van der Waals surface area (Å²) >= 11 is 11.4. The average molecular weight is 302 g/mol. The van der Waals surface area contributed by atoms with Gasteiger partial charge >= 0.3 is 35.5 Å². The van der Waals surface area contributed by atoms with Gasteiger partial charge in [-0.1, -0.05) is 36.1 Å². The molecule has 88 valence electrons. The van der Waals surface area contributed by atoms with Crippen LogP contribution in [0.25, 0.3) is 0 Å². The van der Waals surface area contributed by atoms with E-state index in [4.69, 9.17) is 28.9 Å². The molecule has 0 aromatic carbocycles. The number of aliphatic carboxylic acids is 1. The molecule has 0 aromatic heterocycles. The number of thiocarbonyl (C=S) groups is 1. The number of carboxylic acid groups (broad SMARTS) is 1. The monoisotopic (exact) mass is 301 g/mol. The number of hydrogen-bond acceptors (Lipinski definition) is 4. The molecule has 1 saturated heterocycles. The van der Waals surface area contributed by atoms with Crippen LogP contribution in [0.1, 0.15) is 0 Å². The number of nitrogens with zero attached hydrogens (tertiary/aromatic N) is 1. The zero-order valence-corrected chi connectivity index (χ0v) is 10.4. The predicted octanol–water partition coefficient (Wildman–Crippen LogP) is 0.962. The first-order chi connectivity index (χ1) is 7.56. The molecular weight excluding hydrogens is 293 g/mol. The Labute approximate surface area is 135 Å². The van der Waals surface area contributed by atoms with Crippen molar-refractivity contribution in [3.63, 3.8) is 0 Å². The Hall–Kier alpha value is 0.150. The van der Waals surface area contributed by atoms with E-state index in [9.17, 15) is 9.59 Å². The van der Waals surface area contributed by atoms with Crippen LogP contribution in [0.2, 0.25) is 0 Å². The van der Waals surface area contributed by atoms with E-state index in [-0.39, 0.29) is 39.8 Å². The fourth-order valence-corrected chi connectivity index (χ4v) is 2.30. The summed E-state index contributed by atoms with van der Waals surface area (Å²) in [6, 6.07) is 0. The van der Waals surface area contributed by atoms with Crippen LogP contribution >= 0.6 is 35.6 Å². The molecule has 0 radical (unpaired) electrons. The SMILES string of the molecule is O=C(O)CN1C(=O)/C(=C/C=C/CCl)SC1=S.[NaH]. The van der Waals surface area contributed by atoms with Gasteiger partial charge in [-0.05, 0) is 6.08 Å². The summed E-state index contributed by atoms with van der Waals surface area (Å²) in [6.07, 6.45) is 4.88. The van der Waals surface area contributed by atoms with Crippen molar-refractivity contribution in [1.82, 2.24) is 4.90 Å². The van der Waals surface area contributed by atoms with Gasteiger partial charge in [0, 0.05) is 5.88 Å². The maximum atomic E-state index is 11.7.